The number of carbonyl (C=O) groups is 2. The van der Waals surface area contributed by atoms with E-state index in [4.69, 9.17) is 33.5 Å². The second-order valence-electron chi connectivity index (χ2n) is 18.8. The summed E-state index contributed by atoms with van der Waals surface area (Å²) in [6.07, 6.45) is 14.3. The maximum absolute atomic E-state index is 12.6. The normalized spacial score (nSPS) is 17.7. The van der Waals surface area contributed by atoms with E-state index in [2.05, 4.69) is 54.4 Å². The summed E-state index contributed by atoms with van der Waals surface area (Å²) >= 11 is 13.0. The van der Waals surface area contributed by atoms with Crippen molar-refractivity contribution in [2.75, 3.05) is 14.3 Å². The van der Waals surface area contributed by atoms with Crippen LogP contribution in [0.25, 0.3) is 31.8 Å². The number of thiophene rings is 1. The molecule has 5 aromatic carbocycles. The van der Waals surface area contributed by atoms with E-state index in [1.807, 2.05) is 55.7 Å². The van der Waals surface area contributed by atoms with E-state index >= 15 is 0 Å². The van der Waals surface area contributed by atoms with Crippen molar-refractivity contribution in [3.8, 4) is 27.8 Å². The molecule has 2 saturated carbocycles. The van der Waals surface area contributed by atoms with Crippen molar-refractivity contribution >= 4 is 118 Å². The third-order valence-electron chi connectivity index (χ3n) is 13.8. The second kappa shape index (κ2) is 22.0. The molecule has 0 radical (unpaired) electrons. The van der Waals surface area contributed by atoms with Crippen LogP contribution < -0.4 is 29.2 Å². The van der Waals surface area contributed by atoms with Crippen molar-refractivity contribution in [3.63, 3.8) is 0 Å². The Bertz CT molecular complexity index is 3650. The van der Waals surface area contributed by atoms with E-state index in [1.54, 1.807) is 41.1 Å². The molecule has 1 atom stereocenters. The van der Waals surface area contributed by atoms with Crippen LogP contribution >= 0.6 is 45.9 Å². The summed E-state index contributed by atoms with van der Waals surface area (Å²) in [6.45, 7) is 0.0715. The number of hydrogen-bond donors (Lipinski definition) is 4. The van der Waals surface area contributed by atoms with Gasteiger partial charge in [0.05, 0.1) is 62.6 Å². The maximum Gasteiger partial charge on any atom is 0.326 e. The molecule has 1 spiro atoms. The van der Waals surface area contributed by atoms with Gasteiger partial charge in [-0.2, -0.15) is 18.8 Å². The fraction of sp³-hybridized carbons (Fsp3) is 0.283. The zero-order valence-electron chi connectivity index (χ0n) is 40.4. The number of aliphatic imine (C=N–C) groups is 1. The predicted octanol–water partition coefficient (Wildman–Crippen LogP) is 11.6. The molecule has 12 rings (SSSR count). The first-order valence-electron chi connectivity index (χ1n) is 24.4. The van der Waals surface area contributed by atoms with Gasteiger partial charge in [-0.15, -0.1) is 11.3 Å². The lowest BCUT2D eigenvalue weighted by Crippen LogP contribution is -2.52. The summed E-state index contributed by atoms with van der Waals surface area (Å²) < 4.78 is 55.1. The quantitative estimate of drug-likeness (QED) is 0.112. The third-order valence-corrected chi connectivity index (χ3v) is 18.4. The average molecular weight is 1120 g/mol. The number of benzene rings is 5. The Morgan fingerprint density at radius 2 is 1.65 bits per heavy atom. The number of anilines is 3. The van der Waals surface area contributed by atoms with Crippen LogP contribution in [-0.4, -0.2) is 51.2 Å². The van der Waals surface area contributed by atoms with Crippen LogP contribution in [0.5, 0.6) is 0 Å². The first-order chi connectivity index (χ1) is 36.2. The fourth-order valence-electron chi connectivity index (χ4n) is 10.1. The van der Waals surface area contributed by atoms with E-state index in [0.717, 1.165) is 104 Å². The highest BCUT2D eigenvalue weighted by molar-refractivity contribution is 7.91. The number of halogens is 2. The van der Waals surface area contributed by atoms with Crippen LogP contribution in [-0.2, 0) is 47.0 Å². The topological polar surface area (TPSA) is 226 Å². The number of aryl methyl sites for hydroxylation is 1. The molecule has 0 saturated heterocycles. The average Bonchev–Trinajstić information content (AvgIpc) is 4.14. The summed E-state index contributed by atoms with van der Waals surface area (Å²) in [5, 5.41) is 22.0. The summed E-state index contributed by atoms with van der Waals surface area (Å²) in [5.41, 5.74) is 8.83. The fourth-order valence-corrected chi connectivity index (χ4v) is 14.3. The van der Waals surface area contributed by atoms with Crippen molar-refractivity contribution in [3.05, 3.63) is 139 Å². The molecule has 1 unspecified atom stereocenters. The lowest BCUT2D eigenvalue weighted by atomic mass is 9.74. The Morgan fingerprint density at radius 1 is 0.907 bits per heavy atom. The van der Waals surface area contributed by atoms with Gasteiger partial charge in [-0.25, -0.2) is 18.5 Å². The van der Waals surface area contributed by atoms with Gasteiger partial charge in [0.1, 0.15) is 9.88 Å². The van der Waals surface area contributed by atoms with E-state index in [1.165, 1.54) is 58.2 Å². The molecule has 75 heavy (non-hydrogen) atoms. The van der Waals surface area contributed by atoms with Gasteiger partial charge in [0.15, 0.2) is 0 Å². The van der Waals surface area contributed by atoms with Crippen molar-refractivity contribution < 1.29 is 26.8 Å². The smallest absolute Gasteiger partial charge is 0.326 e. The Labute approximate surface area is 454 Å². The number of rotatable bonds is 7. The minimum atomic E-state index is -3.99. The van der Waals surface area contributed by atoms with Crippen LogP contribution in [0.1, 0.15) is 96.1 Å². The van der Waals surface area contributed by atoms with Crippen molar-refractivity contribution in [2.24, 2.45) is 17.0 Å². The predicted molar refractivity (Wildman–Crippen MR) is 298 cm³/mol. The van der Waals surface area contributed by atoms with Crippen molar-refractivity contribution in [1.29, 1.82) is 5.26 Å². The highest BCUT2D eigenvalue weighted by Gasteiger charge is 2.42. The number of urea groups is 1. The van der Waals surface area contributed by atoms with Gasteiger partial charge in [-0.1, -0.05) is 122 Å². The highest BCUT2D eigenvalue weighted by Crippen LogP contribution is 2.47. The van der Waals surface area contributed by atoms with E-state index in [0.29, 0.717) is 37.9 Å². The Morgan fingerprint density at radius 3 is 2.41 bits per heavy atom. The van der Waals surface area contributed by atoms with E-state index < -0.39 is 27.4 Å². The standard InChI is InChI=1S/C21H20ClN3O.C17H11N3O3S2.C15H19ClN4O2S2/c22-17-11-15(14-5-4-13-6-9-23-18(13)12-14)10-16-19(17)24-20(26)25-21(16)7-2-1-3-8-21;18-9-11-5-7-12(8-6-11)10-20-15-13-3-1-2-4-14(13)24-16(15)17(21)19-25(20,22)23;1-20-15(17-11-5-3-2-4-6-11)23-14(18-20)10-7-8-12(16)13(9-10)19-24(21)22/h4-5,9-12H,1-3,6-8H2,(H2,24,25,26);1-8H,10H2,(H,19,21);7-9,11,19H,2-6H2,1H3,(H,21,22)/p-1. The van der Waals surface area contributed by atoms with Crippen LogP contribution in [0.2, 0.25) is 10.0 Å². The Balaban J connectivity index is 0.000000128. The molecule has 2 fully saturated rings. The zero-order valence-corrected chi connectivity index (χ0v) is 45.2. The first kappa shape index (κ1) is 52.0. The van der Waals surface area contributed by atoms with E-state index in [-0.39, 0.29) is 18.1 Å². The molecule has 0 bridgehead atoms. The number of nitrogens with one attached hydrogen (secondary N) is 4. The van der Waals surface area contributed by atoms with Crippen LogP contribution in [0.15, 0.2) is 107 Å². The van der Waals surface area contributed by atoms with Crippen molar-refractivity contribution in [1.82, 2.24) is 19.8 Å². The number of nitrogens with zero attached hydrogens (tertiary/aromatic N) is 6. The van der Waals surface area contributed by atoms with Crippen molar-refractivity contribution in [2.45, 2.75) is 88.8 Å². The van der Waals surface area contributed by atoms with Gasteiger partial charge in [-0.05, 0) is 96.5 Å². The summed E-state index contributed by atoms with van der Waals surface area (Å²) in [4.78, 5) is 35.0. The third kappa shape index (κ3) is 11.3. The molecule has 4 N–H and O–H groups in total. The molecule has 16 nitrogen and oxygen atoms in total. The summed E-state index contributed by atoms with van der Waals surface area (Å²) in [6, 6.07) is 32.0. The second-order valence-corrected chi connectivity index (χ2v) is 23.8. The molecule has 5 aliphatic rings. The first-order valence-corrected chi connectivity index (χ1v) is 29.3. The monoisotopic (exact) mass is 1120 g/mol. The minimum absolute atomic E-state index is 0.0715. The number of aromatic nitrogens is 2. The largest absolute Gasteiger partial charge is 0.755 e. The van der Waals surface area contributed by atoms with Gasteiger partial charge >= 0.3 is 16.2 Å². The van der Waals surface area contributed by atoms with Gasteiger partial charge in [-0.3, -0.25) is 19.0 Å². The lowest BCUT2D eigenvalue weighted by Gasteiger charge is -2.43. The SMILES string of the molecule is Cn1nc(-c2ccc(Cl)c(NS(=O)[O-])c2)sc1=NC1CCCCC1.N#Cc1ccc(CN2c3c(sc4ccccc34)C(=O)NS2(=O)=O)cc1.O=C1Nc2c(Cl)cc(-c3ccc4c(c3)N=CC4)cc2C2(CCCCC2)N1. The number of fused-ring (bicyclic) bond motifs is 6. The number of hydrogen-bond acceptors (Lipinski definition) is 12. The number of carbonyl (C=O) groups excluding carboxylic acids is 2. The van der Waals surface area contributed by atoms with Gasteiger partial charge in [0.25, 0.3) is 5.91 Å². The van der Waals surface area contributed by atoms with Crippen LogP contribution in [0.3, 0.4) is 0 Å². The molecule has 3 amide bonds. The number of amides is 3. The van der Waals surface area contributed by atoms with Gasteiger partial charge < -0.3 is 19.9 Å². The molecule has 2 aliphatic carbocycles. The molecule has 22 heteroatoms. The zero-order chi connectivity index (χ0) is 52.4. The van der Waals surface area contributed by atoms with Gasteiger partial charge in [0.2, 0.25) is 4.80 Å². The molecule has 5 heterocycles. The molecular weight excluding hydrogens is 1070 g/mol. The molecular formula is C53H49Cl2N10O6S4-. The van der Waals surface area contributed by atoms with Gasteiger partial charge in [0, 0.05) is 52.2 Å². The lowest BCUT2D eigenvalue weighted by molar-refractivity contribution is 0.0983. The maximum atomic E-state index is 12.6. The Kier molecular flexibility index (Phi) is 15.3. The molecule has 2 aromatic heterocycles. The number of nitriles is 1. The van der Waals surface area contributed by atoms with Crippen LogP contribution in [0, 0.1) is 11.3 Å². The molecule has 386 valence electrons. The summed E-state index contributed by atoms with van der Waals surface area (Å²) in [7, 11) is -2.11. The molecule has 7 aromatic rings. The Hall–Kier alpha value is -6.44. The van der Waals surface area contributed by atoms with Crippen LogP contribution in [0.4, 0.5) is 27.5 Å². The highest BCUT2D eigenvalue weighted by atomic mass is 35.5. The summed E-state index contributed by atoms with van der Waals surface area (Å²) in [5.74, 6) is -0.604. The van der Waals surface area contributed by atoms with E-state index in [9.17, 15) is 26.8 Å². The molecule has 3 aliphatic heterocycles. The minimum Gasteiger partial charge on any atom is -0.755 e.